The molecule has 0 rings (SSSR count). The second kappa shape index (κ2) is 12.3. The molecule has 0 amide bonds. The molecule has 0 fully saturated rings. The average molecular weight is 249 g/mol. The zero-order valence-corrected chi connectivity index (χ0v) is 11.3. The van der Waals surface area contributed by atoms with Gasteiger partial charge < -0.3 is 24.6 Å². The normalized spacial score (nSPS) is 13.2. The van der Waals surface area contributed by atoms with E-state index in [1.54, 1.807) is 7.11 Å². The van der Waals surface area contributed by atoms with Crippen LogP contribution in [0.3, 0.4) is 0 Å². The van der Waals surface area contributed by atoms with E-state index in [4.69, 9.17) is 14.2 Å². The highest BCUT2D eigenvalue weighted by Gasteiger charge is 2.03. The van der Waals surface area contributed by atoms with Gasteiger partial charge in [-0.25, -0.2) is 0 Å². The molecular formula is C12H27NO4. The van der Waals surface area contributed by atoms with Crippen LogP contribution in [0.5, 0.6) is 0 Å². The number of methoxy groups -OCH3 is 1. The van der Waals surface area contributed by atoms with Crippen LogP contribution in [0.4, 0.5) is 0 Å². The van der Waals surface area contributed by atoms with E-state index in [9.17, 15) is 5.11 Å². The predicted molar refractivity (Wildman–Crippen MR) is 67.2 cm³/mol. The summed E-state index contributed by atoms with van der Waals surface area (Å²) in [5.74, 6) is 0.595. The molecular weight excluding hydrogens is 222 g/mol. The van der Waals surface area contributed by atoms with Gasteiger partial charge in [0.05, 0.1) is 39.1 Å². The molecule has 17 heavy (non-hydrogen) atoms. The monoisotopic (exact) mass is 249 g/mol. The minimum absolute atomic E-state index is 0.346. The number of ether oxygens (including phenoxy) is 3. The molecule has 0 heterocycles. The van der Waals surface area contributed by atoms with Gasteiger partial charge >= 0.3 is 0 Å². The molecule has 0 bridgehead atoms. The molecule has 5 heteroatoms. The van der Waals surface area contributed by atoms with Crippen molar-refractivity contribution in [3.63, 3.8) is 0 Å². The van der Waals surface area contributed by atoms with E-state index in [2.05, 4.69) is 19.2 Å². The van der Waals surface area contributed by atoms with Gasteiger partial charge in [0.25, 0.3) is 0 Å². The van der Waals surface area contributed by atoms with E-state index in [1.807, 2.05) is 0 Å². The zero-order valence-electron chi connectivity index (χ0n) is 11.3. The number of hydrogen-bond acceptors (Lipinski definition) is 5. The molecule has 5 nitrogen and oxygen atoms in total. The van der Waals surface area contributed by atoms with Crippen molar-refractivity contribution in [1.82, 2.24) is 5.32 Å². The maximum Gasteiger partial charge on any atom is 0.0897 e. The van der Waals surface area contributed by atoms with E-state index < -0.39 is 6.10 Å². The van der Waals surface area contributed by atoms with Crippen LogP contribution in [0.15, 0.2) is 0 Å². The maximum atomic E-state index is 9.55. The van der Waals surface area contributed by atoms with Gasteiger partial charge in [-0.2, -0.15) is 0 Å². The molecule has 0 aromatic heterocycles. The van der Waals surface area contributed by atoms with Crippen LogP contribution in [-0.4, -0.2) is 64.4 Å². The summed E-state index contributed by atoms with van der Waals surface area (Å²) >= 11 is 0. The minimum Gasteiger partial charge on any atom is -0.389 e. The molecule has 0 aliphatic carbocycles. The van der Waals surface area contributed by atoms with Gasteiger partial charge in [-0.3, -0.25) is 0 Å². The summed E-state index contributed by atoms with van der Waals surface area (Å²) in [5, 5.41) is 12.7. The number of rotatable bonds is 12. The van der Waals surface area contributed by atoms with E-state index >= 15 is 0 Å². The van der Waals surface area contributed by atoms with E-state index in [0.717, 1.165) is 6.54 Å². The molecule has 0 saturated carbocycles. The lowest BCUT2D eigenvalue weighted by molar-refractivity contribution is -0.00493. The van der Waals surface area contributed by atoms with Crippen LogP contribution in [0.25, 0.3) is 0 Å². The standard InChI is InChI=1S/C12H27NO4/c1-11(2)8-13-9-12(14)10-17-7-6-16-5-4-15-3/h11-14H,4-10H2,1-3H3. The summed E-state index contributed by atoms with van der Waals surface area (Å²) in [6.45, 7) is 8.32. The Morgan fingerprint density at radius 1 is 1.00 bits per heavy atom. The van der Waals surface area contributed by atoms with Gasteiger partial charge in [-0.1, -0.05) is 13.8 Å². The molecule has 0 saturated heterocycles. The first-order chi connectivity index (χ1) is 8.16. The Labute approximate surface area is 104 Å². The molecule has 0 aliphatic heterocycles. The summed E-state index contributed by atoms with van der Waals surface area (Å²) in [6, 6.07) is 0. The molecule has 104 valence electrons. The summed E-state index contributed by atoms with van der Waals surface area (Å²) in [4.78, 5) is 0. The lowest BCUT2D eigenvalue weighted by atomic mass is 10.2. The van der Waals surface area contributed by atoms with Crippen LogP contribution in [0.1, 0.15) is 13.8 Å². The minimum atomic E-state index is -0.451. The van der Waals surface area contributed by atoms with Crippen LogP contribution < -0.4 is 5.32 Å². The van der Waals surface area contributed by atoms with Crippen molar-refractivity contribution in [1.29, 1.82) is 0 Å². The van der Waals surface area contributed by atoms with Crippen molar-refractivity contribution in [3.05, 3.63) is 0 Å². The number of nitrogens with one attached hydrogen (secondary N) is 1. The predicted octanol–water partition coefficient (Wildman–Crippen LogP) is 0.273. The Hall–Kier alpha value is -0.200. The maximum absolute atomic E-state index is 9.55. The fraction of sp³-hybridized carbons (Fsp3) is 1.00. The van der Waals surface area contributed by atoms with Crippen molar-refractivity contribution in [3.8, 4) is 0 Å². The van der Waals surface area contributed by atoms with Gasteiger partial charge in [0.2, 0.25) is 0 Å². The topological polar surface area (TPSA) is 60.0 Å². The second-order valence-electron chi connectivity index (χ2n) is 4.39. The van der Waals surface area contributed by atoms with Crippen LogP contribution in [0, 0.1) is 5.92 Å². The van der Waals surface area contributed by atoms with Gasteiger partial charge in [-0.05, 0) is 12.5 Å². The average Bonchev–Trinajstić information content (AvgIpc) is 2.27. The SMILES string of the molecule is COCCOCCOCC(O)CNCC(C)C. The quantitative estimate of drug-likeness (QED) is 0.486. The van der Waals surface area contributed by atoms with Crippen LogP contribution >= 0.6 is 0 Å². The summed E-state index contributed by atoms with van der Waals surface area (Å²) in [5.41, 5.74) is 0. The number of aliphatic hydroxyl groups is 1. The van der Waals surface area contributed by atoms with Crippen LogP contribution in [-0.2, 0) is 14.2 Å². The fourth-order valence-corrected chi connectivity index (χ4v) is 1.18. The Kier molecular flexibility index (Phi) is 12.1. The molecule has 0 aliphatic rings. The van der Waals surface area contributed by atoms with E-state index in [1.165, 1.54) is 0 Å². The first kappa shape index (κ1) is 16.8. The largest absolute Gasteiger partial charge is 0.389 e. The van der Waals surface area contributed by atoms with Gasteiger partial charge in [0.1, 0.15) is 0 Å². The van der Waals surface area contributed by atoms with Gasteiger partial charge in [-0.15, -0.1) is 0 Å². The lowest BCUT2D eigenvalue weighted by Crippen LogP contribution is -2.32. The summed E-state index contributed by atoms with van der Waals surface area (Å²) in [7, 11) is 1.64. The lowest BCUT2D eigenvalue weighted by Gasteiger charge is -2.13. The molecule has 0 spiro atoms. The highest BCUT2D eigenvalue weighted by molar-refractivity contribution is 4.59. The van der Waals surface area contributed by atoms with Crippen molar-refractivity contribution in [2.45, 2.75) is 20.0 Å². The Morgan fingerprint density at radius 2 is 1.65 bits per heavy atom. The Bertz CT molecular complexity index is 155. The summed E-state index contributed by atoms with van der Waals surface area (Å²) < 4.78 is 15.3. The number of hydrogen-bond donors (Lipinski definition) is 2. The van der Waals surface area contributed by atoms with Gasteiger partial charge in [0, 0.05) is 13.7 Å². The molecule has 0 aromatic rings. The first-order valence-corrected chi connectivity index (χ1v) is 6.20. The van der Waals surface area contributed by atoms with Crippen LogP contribution in [0.2, 0.25) is 0 Å². The third-order valence-electron chi connectivity index (χ3n) is 2.05. The molecule has 1 unspecified atom stereocenters. The van der Waals surface area contributed by atoms with E-state index in [-0.39, 0.29) is 0 Å². The number of aliphatic hydroxyl groups excluding tert-OH is 1. The molecule has 0 radical (unpaired) electrons. The molecule has 2 N–H and O–H groups in total. The third kappa shape index (κ3) is 13.7. The van der Waals surface area contributed by atoms with Crippen molar-refractivity contribution in [2.24, 2.45) is 5.92 Å². The van der Waals surface area contributed by atoms with E-state index in [0.29, 0.717) is 45.5 Å². The van der Waals surface area contributed by atoms with Crippen molar-refractivity contribution < 1.29 is 19.3 Å². The molecule has 1 atom stereocenters. The van der Waals surface area contributed by atoms with Gasteiger partial charge in [0.15, 0.2) is 0 Å². The smallest absolute Gasteiger partial charge is 0.0897 e. The molecule has 0 aromatic carbocycles. The van der Waals surface area contributed by atoms with Crippen molar-refractivity contribution in [2.75, 3.05) is 53.2 Å². The second-order valence-corrected chi connectivity index (χ2v) is 4.39. The van der Waals surface area contributed by atoms with Crippen molar-refractivity contribution >= 4 is 0 Å². The Morgan fingerprint density at radius 3 is 2.29 bits per heavy atom. The third-order valence-corrected chi connectivity index (χ3v) is 2.05. The highest BCUT2D eigenvalue weighted by atomic mass is 16.5. The Balaban J connectivity index is 3.13. The first-order valence-electron chi connectivity index (χ1n) is 6.20. The zero-order chi connectivity index (χ0) is 12.9. The highest BCUT2D eigenvalue weighted by Crippen LogP contribution is 1.89. The fourth-order valence-electron chi connectivity index (χ4n) is 1.18. The summed E-state index contributed by atoms with van der Waals surface area (Å²) in [6.07, 6.45) is -0.451.